The van der Waals surface area contributed by atoms with Gasteiger partial charge in [-0.3, -0.25) is 0 Å². The summed E-state index contributed by atoms with van der Waals surface area (Å²) >= 11 is 4.42. The van der Waals surface area contributed by atoms with Crippen LogP contribution in [0.2, 0.25) is 0 Å². The number of carbonyl (C=O) groups is 1. The van der Waals surface area contributed by atoms with E-state index in [0.29, 0.717) is 19.6 Å². The highest BCUT2D eigenvalue weighted by molar-refractivity contribution is 7.78. The zero-order valence-electron chi connectivity index (χ0n) is 10.0. The Labute approximate surface area is 102 Å². The molecule has 0 unspecified atom stereocenters. The SMILES string of the molecule is CC(C)(C)OC(=O)NCCNCCN=C=S. The summed E-state index contributed by atoms with van der Waals surface area (Å²) in [6, 6.07) is 0. The molecule has 0 saturated heterocycles. The maximum Gasteiger partial charge on any atom is 0.407 e. The van der Waals surface area contributed by atoms with Crippen molar-refractivity contribution >= 4 is 23.5 Å². The Morgan fingerprint density at radius 2 is 2.06 bits per heavy atom. The topological polar surface area (TPSA) is 62.7 Å². The van der Waals surface area contributed by atoms with E-state index in [-0.39, 0.29) is 0 Å². The average Bonchev–Trinajstić information content (AvgIpc) is 2.13. The molecule has 0 bridgehead atoms. The molecular formula is C10H19N3O2S. The second-order valence-electron chi connectivity index (χ2n) is 4.15. The molecule has 0 aromatic heterocycles. The number of thiocarbonyl (C=S) groups is 1. The highest BCUT2D eigenvalue weighted by atomic mass is 32.1. The van der Waals surface area contributed by atoms with E-state index in [1.165, 1.54) is 0 Å². The molecule has 92 valence electrons. The second-order valence-corrected chi connectivity index (χ2v) is 4.33. The summed E-state index contributed by atoms with van der Waals surface area (Å²) in [5.41, 5.74) is -0.453. The summed E-state index contributed by atoms with van der Waals surface area (Å²) < 4.78 is 5.06. The number of alkyl carbamates (subject to hydrolysis) is 1. The maximum atomic E-state index is 11.2. The largest absolute Gasteiger partial charge is 0.444 e. The molecule has 1 amide bonds. The molecule has 0 saturated carbocycles. The van der Waals surface area contributed by atoms with Gasteiger partial charge >= 0.3 is 6.09 Å². The van der Waals surface area contributed by atoms with Crippen molar-refractivity contribution in [3.05, 3.63) is 0 Å². The molecule has 0 atom stereocenters. The number of hydrogen-bond donors (Lipinski definition) is 2. The average molecular weight is 245 g/mol. The van der Waals surface area contributed by atoms with Crippen LogP contribution in [-0.2, 0) is 4.74 Å². The molecule has 0 aliphatic rings. The highest BCUT2D eigenvalue weighted by Crippen LogP contribution is 2.05. The molecule has 6 heteroatoms. The molecule has 0 spiro atoms. The molecule has 0 fully saturated rings. The van der Waals surface area contributed by atoms with Crippen LogP contribution < -0.4 is 10.6 Å². The molecule has 0 aliphatic carbocycles. The molecule has 0 rings (SSSR count). The van der Waals surface area contributed by atoms with Crippen molar-refractivity contribution in [1.29, 1.82) is 0 Å². The zero-order valence-corrected chi connectivity index (χ0v) is 10.8. The lowest BCUT2D eigenvalue weighted by Gasteiger charge is -2.19. The third-order valence-corrected chi connectivity index (χ3v) is 1.56. The Morgan fingerprint density at radius 1 is 1.38 bits per heavy atom. The summed E-state index contributed by atoms with van der Waals surface area (Å²) in [7, 11) is 0. The van der Waals surface area contributed by atoms with E-state index in [1.54, 1.807) is 0 Å². The zero-order chi connectivity index (χ0) is 12.4. The molecule has 0 aliphatic heterocycles. The first-order valence-corrected chi connectivity index (χ1v) is 5.58. The number of nitrogens with one attached hydrogen (secondary N) is 2. The molecule has 0 radical (unpaired) electrons. The van der Waals surface area contributed by atoms with Gasteiger partial charge in [0.15, 0.2) is 0 Å². The second kappa shape index (κ2) is 8.21. The predicted octanol–water partition coefficient (Wildman–Crippen LogP) is 1.20. The highest BCUT2D eigenvalue weighted by Gasteiger charge is 2.15. The van der Waals surface area contributed by atoms with Crippen molar-refractivity contribution in [2.75, 3.05) is 26.2 Å². The summed E-state index contributed by atoms with van der Waals surface area (Å²) in [5.74, 6) is 0. The lowest BCUT2D eigenvalue weighted by molar-refractivity contribution is 0.0528. The monoisotopic (exact) mass is 245 g/mol. The maximum absolute atomic E-state index is 11.2. The number of ether oxygens (including phenoxy) is 1. The summed E-state index contributed by atoms with van der Waals surface area (Å²) in [5, 5.41) is 8.01. The fourth-order valence-electron chi connectivity index (χ4n) is 0.873. The predicted molar refractivity (Wildman–Crippen MR) is 67.0 cm³/mol. The van der Waals surface area contributed by atoms with Gasteiger partial charge < -0.3 is 15.4 Å². The van der Waals surface area contributed by atoms with Gasteiger partial charge in [0.2, 0.25) is 0 Å². The third kappa shape index (κ3) is 11.1. The quantitative estimate of drug-likeness (QED) is 0.419. The van der Waals surface area contributed by atoms with Crippen molar-refractivity contribution in [3.8, 4) is 0 Å². The van der Waals surface area contributed by atoms with Gasteiger partial charge in [-0.2, -0.15) is 0 Å². The van der Waals surface area contributed by atoms with Crippen LogP contribution in [0, 0.1) is 0 Å². The van der Waals surface area contributed by atoms with E-state index < -0.39 is 11.7 Å². The van der Waals surface area contributed by atoms with Crippen LogP contribution in [-0.4, -0.2) is 43.0 Å². The number of aliphatic imine (C=N–C) groups is 1. The molecule has 0 aromatic rings. The van der Waals surface area contributed by atoms with Gasteiger partial charge in [0.05, 0.1) is 11.7 Å². The number of hydrogen-bond acceptors (Lipinski definition) is 5. The molecule has 0 heterocycles. The van der Waals surface area contributed by atoms with Gasteiger partial charge in [-0.05, 0) is 33.0 Å². The van der Waals surface area contributed by atoms with Crippen LogP contribution >= 0.6 is 12.2 Å². The molecular weight excluding hydrogens is 226 g/mol. The Kier molecular flexibility index (Phi) is 7.72. The minimum Gasteiger partial charge on any atom is -0.444 e. The normalized spacial score (nSPS) is 10.4. The third-order valence-electron chi connectivity index (χ3n) is 1.43. The van der Waals surface area contributed by atoms with Crippen LogP contribution in [0.15, 0.2) is 4.99 Å². The Hall–Kier alpha value is -0.970. The van der Waals surface area contributed by atoms with Gasteiger partial charge in [0, 0.05) is 19.6 Å². The summed E-state index contributed by atoms with van der Waals surface area (Å²) in [6.45, 7) is 8.01. The minimum atomic E-state index is -0.453. The van der Waals surface area contributed by atoms with Crippen LogP contribution in [0.3, 0.4) is 0 Å². The van der Waals surface area contributed by atoms with Crippen molar-refractivity contribution < 1.29 is 9.53 Å². The van der Waals surface area contributed by atoms with Gasteiger partial charge in [0.25, 0.3) is 0 Å². The van der Waals surface area contributed by atoms with Crippen molar-refractivity contribution in [1.82, 2.24) is 10.6 Å². The number of rotatable bonds is 6. The van der Waals surface area contributed by atoms with Crippen molar-refractivity contribution in [2.24, 2.45) is 4.99 Å². The smallest absolute Gasteiger partial charge is 0.407 e. The molecule has 2 N–H and O–H groups in total. The van der Waals surface area contributed by atoms with Gasteiger partial charge in [-0.1, -0.05) is 0 Å². The van der Waals surface area contributed by atoms with Crippen LogP contribution in [0.1, 0.15) is 20.8 Å². The molecule has 16 heavy (non-hydrogen) atoms. The Balaban J connectivity index is 3.38. The van der Waals surface area contributed by atoms with Gasteiger partial charge in [-0.25, -0.2) is 9.79 Å². The fraction of sp³-hybridized carbons (Fsp3) is 0.800. The lowest BCUT2D eigenvalue weighted by Crippen LogP contribution is -2.36. The number of carbonyl (C=O) groups excluding carboxylic acids is 1. The fourth-order valence-corrected chi connectivity index (χ4v) is 0.964. The van der Waals surface area contributed by atoms with Gasteiger partial charge in [-0.15, -0.1) is 0 Å². The Morgan fingerprint density at radius 3 is 2.62 bits per heavy atom. The van der Waals surface area contributed by atoms with E-state index in [1.807, 2.05) is 20.8 Å². The van der Waals surface area contributed by atoms with E-state index >= 15 is 0 Å². The van der Waals surface area contributed by atoms with E-state index in [0.717, 1.165) is 6.54 Å². The number of nitrogens with zero attached hydrogens (tertiary/aromatic N) is 1. The number of isothiocyanates is 1. The van der Waals surface area contributed by atoms with E-state index in [9.17, 15) is 4.79 Å². The first kappa shape index (κ1) is 15.0. The van der Waals surface area contributed by atoms with Crippen LogP contribution in [0.5, 0.6) is 0 Å². The molecule has 5 nitrogen and oxygen atoms in total. The van der Waals surface area contributed by atoms with Crippen molar-refractivity contribution in [3.63, 3.8) is 0 Å². The van der Waals surface area contributed by atoms with E-state index in [4.69, 9.17) is 4.74 Å². The van der Waals surface area contributed by atoms with Crippen molar-refractivity contribution in [2.45, 2.75) is 26.4 Å². The summed E-state index contributed by atoms with van der Waals surface area (Å²) in [6.07, 6.45) is -0.397. The first-order valence-electron chi connectivity index (χ1n) is 5.17. The van der Waals surface area contributed by atoms with Crippen LogP contribution in [0.4, 0.5) is 4.79 Å². The lowest BCUT2D eigenvalue weighted by atomic mass is 10.2. The van der Waals surface area contributed by atoms with Crippen LogP contribution in [0.25, 0.3) is 0 Å². The minimum absolute atomic E-state index is 0.397. The standard InChI is InChI=1S/C10H19N3O2S/c1-10(2,3)15-9(14)13-7-6-11-4-5-12-8-16/h11H,4-7H2,1-3H3,(H,13,14). The Bertz CT molecular complexity index is 257. The van der Waals surface area contributed by atoms with E-state index in [2.05, 4.69) is 33.0 Å². The first-order chi connectivity index (χ1) is 7.45. The summed E-state index contributed by atoms with van der Waals surface area (Å²) in [4.78, 5) is 14.9. The number of amides is 1. The van der Waals surface area contributed by atoms with Gasteiger partial charge in [0.1, 0.15) is 5.60 Å². The molecule has 0 aromatic carbocycles.